The van der Waals surface area contributed by atoms with Crippen LogP contribution in [0.25, 0.3) is 16.3 Å². The molecule has 1 N–H and O–H groups in total. The highest BCUT2D eigenvalue weighted by atomic mass is 32.1. The highest BCUT2D eigenvalue weighted by Gasteiger charge is 2.29. The number of aromatic nitrogens is 3. The Morgan fingerprint density at radius 3 is 2.79 bits per heavy atom. The number of halogens is 1. The second kappa shape index (κ2) is 8.42. The van der Waals surface area contributed by atoms with Gasteiger partial charge in [0.15, 0.2) is 0 Å². The number of carbonyl (C=O) groups excluding carboxylic acids is 1. The molecule has 1 aliphatic rings. The number of carbonyl (C=O) groups is 1. The van der Waals surface area contributed by atoms with Crippen LogP contribution in [0.1, 0.15) is 37.2 Å². The molecule has 29 heavy (non-hydrogen) atoms. The summed E-state index contributed by atoms with van der Waals surface area (Å²) >= 11 is 1.40. The van der Waals surface area contributed by atoms with E-state index in [4.69, 9.17) is 0 Å². The number of para-hydroxylation sites is 1. The molecular formula is C21H24FN5OS. The zero-order chi connectivity index (χ0) is 20.4. The van der Waals surface area contributed by atoms with E-state index < -0.39 is 0 Å². The van der Waals surface area contributed by atoms with Gasteiger partial charge in [0.1, 0.15) is 22.2 Å². The molecule has 4 rings (SSSR count). The third kappa shape index (κ3) is 4.09. The molecule has 0 atom stereocenters. The van der Waals surface area contributed by atoms with Crippen LogP contribution in [0.3, 0.4) is 0 Å². The molecule has 0 bridgehead atoms. The van der Waals surface area contributed by atoms with E-state index in [0.717, 1.165) is 31.5 Å². The minimum Gasteiger partial charge on any atom is -0.332 e. The molecular weight excluding hydrogens is 389 g/mol. The van der Waals surface area contributed by atoms with Gasteiger partial charge in [0.2, 0.25) is 0 Å². The lowest BCUT2D eigenvalue weighted by Crippen LogP contribution is -2.49. The number of rotatable bonds is 5. The summed E-state index contributed by atoms with van der Waals surface area (Å²) in [4.78, 5) is 19.7. The van der Waals surface area contributed by atoms with Crippen LogP contribution in [0.4, 0.5) is 4.39 Å². The van der Waals surface area contributed by atoms with E-state index in [1.54, 1.807) is 36.0 Å². The van der Waals surface area contributed by atoms with Crippen LogP contribution < -0.4 is 5.32 Å². The van der Waals surface area contributed by atoms with Crippen molar-refractivity contribution < 1.29 is 9.18 Å². The Kier molecular flexibility index (Phi) is 5.73. The monoisotopic (exact) mass is 413 g/mol. The molecule has 8 heteroatoms. The standard InChI is InChI=1S/C21H24FN5OS/c1-14(2)27(16-7-9-23-10-8-16)21(28)18-13-29-20(25-18)15-11-24-26(12-15)19-6-4-3-5-17(19)22/h3-6,11-14,16,23H,7-10H2,1-2H3. The van der Waals surface area contributed by atoms with Crippen LogP contribution in [0.2, 0.25) is 0 Å². The van der Waals surface area contributed by atoms with E-state index in [1.165, 1.54) is 22.1 Å². The molecule has 152 valence electrons. The average molecular weight is 414 g/mol. The quantitative estimate of drug-likeness (QED) is 0.692. The van der Waals surface area contributed by atoms with Gasteiger partial charge in [-0.05, 0) is 51.9 Å². The molecule has 3 aromatic rings. The van der Waals surface area contributed by atoms with Gasteiger partial charge in [-0.15, -0.1) is 11.3 Å². The number of thiazole rings is 1. The molecule has 0 spiro atoms. The summed E-state index contributed by atoms with van der Waals surface area (Å²) in [5.74, 6) is -0.373. The van der Waals surface area contributed by atoms with Crippen molar-refractivity contribution in [3.8, 4) is 16.3 Å². The van der Waals surface area contributed by atoms with Crippen molar-refractivity contribution in [1.82, 2.24) is 25.0 Å². The van der Waals surface area contributed by atoms with Crippen molar-refractivity contribution in [2.75, 3.05) is 13.1 Å². The van der Waals surface area contributed by atoms with Crippen molar-refractivity contribution in [3.05, 3.63) is 53.6 Å². The lowest BCUT2D eigenvalue weighted by molar-refractivity contribution is 0.0560. The molecule has 1 fully saturated rings. The Balaban J connectivity index is 1.56. The van der Waals surface area contributed by atoms with Crippen LogP contribution >= 0.6 is 11.3 Å². The fraction of sp³-hybridized carbons (Fsp3) is 0.381. The number of piperidine rings is 1. The van der Waals surface area contributed by atoms with Crippen LogP contribution in [-0.4, -0.2) is 50.7 Å². The Morgan fingerprint density at radius 1 is 1.31 bits per heavy atom. The second-order valence-electron chi connectivity index (χ2n) is 7.45. The zero-order valence-electron chi connectivity index (χ0n) is 16.5. The van der Waals surface area contributed by atoms with E-state index in [-0.39, 0.29) is 23.8 Å². The summed E-state index contributed by atoms with van der Waals surface area (Å²) in [5, 5.41) is 10.1. The smallest absolute Gasteiger partial charge is 0.273 e. The SMILES string of the molecule is CC(C)N(C(=O)c1csc(-c2cnn(-c3ccccc3F)c2)n1)C1CCNCC1. The first-order chi connectivity index (χ1) is 14.0. The maximum absolute atomic E-state index is 14.0. The van der Waals surface area contributed by atoms with E-state index in [0.29, 0.717) is 16.4 Å². The number of hydrogen-bond donors (Lipinski definition) is 1. The van der Waals surface area contributed by atoms with E-state index >= 15 is 0 Å². The first-order valence-corrected chi connectivity index (χ1v) is 10.7. The van der Waals surface area contributed by atoms with Gasteiger partial charge in [-0.1, -0.05) is 12.1 Å². The largest absolute Gasteiger partial charge is 0.332 e. The predicted molar refractivity (Wildman–Crippen MR) is 112 cm³/mol. The topological polar surface area (TPSA) is 63.1 Å². The van der Waals surface area contributed by atoms with Crippen molar-refractivity contribution in [2.45, 2.75) is 38.8 Å². The maximum Gasteiger partial charge on any atom is 0.273 e. The molecule has 0 unspecified atom stereocenters. The van der Waals surface area contributed by atoms with Crippen molar-refractivity contribution in [3.63, 3.8) is 0 Å². The minimum absolute atomic E-state index is 0.0316. The van der Waals surface area contributed by atoms with Gasteiger partial charge in [0.05, 0.1) is 6.20 Å². The van der Waals surface area contributed by atoms with Crippen molar-refractivity contribution in [1.29, 1.82) is 0 Å². The summed E-state index contributed by atoms with van der Waals surface area (Å²) in [5.41, 5.74) is 1.59. The molecule has 1 saturated heterocycles. The molecule has 3 heterocycles. The molecule has 6 nitrogen and oxygen atoms in total. The van der Waals surface area contributed by atoms with Gasteiger partial charge in [-0.25, -0.2) is 14.1 Å². The number of hydrogen-bond acceptors (Lipinski definition) is 5. The second-order valence-corrected chi connectivity index (χ2v) is 8.31. The first-order valence-electron chi connectivity index (χ1n) is 9.83. The lowest BCUT2D eigenvalue weighted by atomic mass is 10.0. The van der Waals surface area contributed by atoms with Crippen LogP contribution in [0.15, 0.2) is 42.0 Å². The van der Waals surface area contributed by atoms with Gasteiger partial charge in [0.25, 0.3) is 5.91 Å². The summed E-state index contributed by atoms with van der Waals surface area (Å²) in [6.07, 6.45) is 5.29. The lowest BCUT2D eigenvalue weighted by Gasteiger charge is -2.37. The van der Waals surface area contributed by atoms with Crippen molar-refractivity contribution in [2.24, 2.45) is 0 Å². The maximum atomic E-state index is 14.0. The molecule has 0 saturated carbocycles. The summed E-state index contributed by atoms with van der Waals surface area (Å²) in [6.45, 7) is 5.95. The first kappa shape index (κ1) is 19.7. The number of benzene rings is 1. The van der Waals surface area contributed by atoms with Gasteiger partial charge in [0, 0.05) is 29.2 Å². The van der Waals surface area contributed by atoms with Crippen molar-refractivity contribution >= 4 is 17.2 Å². The summed E-state index contributed by atoms with van der Waals surface area (Å²) in [6, 6.07) is 6.82. The van der Waals surface area contributed by atoms with Crippen LogP contribution in [-0.2, 0) is 0 Å². The Labute approximate surface area is 173 Å². The number of nitrogens with zero attached hydrogens (tertiary/aromatic N) is 4. The van der Waals surface area contributed by atoms with Gasteiger partial charge in [-0.3, -0.25) is 4.79 Å². The summed E-state index contributed by atoms with van der Waals surface area (Å²) < 4.78 is 15.5. The van der Waals surface area contributed by atoms with Gasteiger partial charge >= 0.3 is 0 Å². The fourth-order valence-corrected chi connectivity index (χ4v) is 4.52. The number of amides is 1. The van der Waals surface area contributed by atoms with E-state index in [9.17, 15) is 9.18 Å². The molecule has 0 radical (unpaired) electrons. The Hall–Kier alpha value is -2.58. The van der Waals surface area contributed by atoms with Gasteiger partial charge < -0.3 is 10.2 Å². The van der Waals surface area contributed by atoms with E-state index in [2.05, 4.69) is 15.4 Å². The average Bonchev–Trinajstić information content (AvgIpc) is 3.39. The molecule has 1 aromatic carbocycles. The van der Waals surface area contributed by atoms with Crippen LogP contribution in [0, 0.1) is 5.82 Å². The molecule has 2 aromatic heterocycles. The third-order valence-corrected chi connectivity index (χ3v) is 6.04. The third-order valence-electron chi connectivity index (χ3n) is 5.15. The predicted octanol–water partition coefficient (Wildman–Crippen LogP) is 3.74. The molecule has 0 aliphatic carbocycles. The number of nitrogens with one attached hydrogen (secondary N) is 1. The summed E-state index contributed by atoms with van der Waals surface area (Å²) in [7, 11) is 0. The minimum atomic E-state index is -0.341. The Bertz CT molecular complexity index is 992. The van der Waals surface area contributed by atoms with Gasteiger partial charge in [-0.2, -0.15) is 5.10 Å². The highest BCUT2D eigenvalue weighted by Crippen LogP contribution is 2.27. The fourth-order valence-electron chi connectivity index (χ4n) is 3.75. The van der Waals surface area contributed by atoms with Crippen LogP contribution in [0.5, 0.6) is 0 Å². The Morgan fingerprint density at radius 2 is 2.07 bits per heavy atom. The molecule has 1 amide bonds. The normalized spacial score (nSPS) is 15.0. The zero-order valence-corrected chi connectivity index (χ0v) is 17.3. The highest BCUT2D eigenvalue weighted by molar-refractivity contribution is 7.13. The van der Waals surface area contributed by atoms with E-state index in [1.807, 2.05) is 18.7 Å². The molecule has 1 aliphatic heterocycles.